The summed E-state index contributed by atoms with van der Waals surface area (Å²) in [5, 5.41) is 11.5. The van der Waals surface area contributed by atoms with E-state index < -0.39 is 11.9 Å². The van der Waals surface area contributed by atoms with Crippen LogP contribution in [0.1, 0.15) is 5.56 Å². The standard InChI is InChI=1S/C20H15ClFNO3/c21-17-10-14(16-11-15(22)7-8-18(16)23-20(24)25)6-9-19(17)26-12-13-4-2-1-3-5-13/h1-11,23H,12H2,(H,24,25). The summed E-state index contributed by atoms with van der Waals surface area (Å²) in [4.78, 5) is 10.9. The Morgan fingerprint density at radius 3 is 2.54 bits per heavy atom. The van der Waals surface area contributed by atoms with Crippen LogP contribution in [0.3, 0.4) is 0 Å². The fraction of sp³-hybridized carbons (Fsp3) is 0.0500. The van der Waals surface area contributed by atoms with Crippen molar-refractivity contribution in [1.29, 1.82) is 0 Å². The van der Waals surface area contributed by atoms with Gasteiger partial charge in [0.15, 0.2) is 0 Å². The minimum absolute atomic E-state index is 0.271. The zero-order valence-corrected chi connectivity index (χ0v) is 14.3. The molecule has 0 aromatic heterocycles. The van der Waals surface area contributed by atoms with Gasteiger partial charge in [0.25, 0.3) is 0 Å². The fourth-order valence-electron chi connectivity index (χ4n) is 2.50. The fourth-order valence-corrected chi connectivity index (χ4v) is 2.74. The molecule has 0 saturated carbocycles. The lowest BCUT2D eigenvalue weighted by Crippen LogP contribution is -2.08. The highest BCUT2D eigenvalue weighted by atomic mass is 35.5. The molecule has 0 aliphatic carbocycles. The molecular formula is C20H15ClFNO3. The second-order valence-corrected chi connectivity index (χ2v) is 5.95. The molecule has 132 valence electrons. The molecular weight excluding hydrogens is 357 g/mol. The highest BCUT2D eigenvalue weighted by molar-refractivity contribution is 6.32. The first-order valence-corrected chi connectivity index (χ1v) is 8.17. The maximum absolute atomic E-state index is 13.6. The molecule has 1 amide bonds. The summed E-state index contributed by atoms with van der Waals surface area (Å²) in [5.41, 5.74) is 2.24. The van der Waals surface area contributed by atoms with Crippen molar-refractivity contribution < 1.29 is 19.0 Å². The Kier molecular flexibility index (Phi) is 5.39. The van der Waals surface area contributed by atoms with E-state index in [4.69, 9.17) is 21.4 Å². The zero-order valence-electron chi connectivity index (χ0n) is 13.6. The van der Waals surface area contributed by atoms with Crippen molar-refractivity contribution in [3.8, 4) is 16.9 Å². The van der Waals surface area contributed by atoms with Crippen molar-refractivity contribution in [2.75, 3.05) is 5.32 Å². The van der Waals surface area contributed by atoms with Crippen LogP contribution in [-0.2, 0) is 6.61 Å². The van der Waals surface area contributed by atoms with Crippen molar-refractivity contribution >= 4 is 23.4 Å². The van der Waals surface area contributed by atoms with Crippen LogP contribution in [0, 0.1) is 5.82 Å². The number of nitrogens with one attached hydrogen (secondary N) is 1. The van der Waals surface area contributed by atoms with Gasteiger partial charge in [0.2, 0.25) is 0 Å². The van der Waals surface area contributed by atoms with E-state index in [9.17, 15) is 9.18 Å². The van der Waals surface area contributed by atoms with E-state index in [1.165, 1.54) is 18.2 Å². The number of amides is 1. The van der Waals surface area contributed by atoms with E-state index in [1.807, 2.05) is 30.3 Å². The van der Waals surface area contributed by atoms with E-state index in [1.54, 1.807) is 18.2 Å². The Balaban J connectivity index is 1.85. The van der Waals surface area contributed by atoms with E-state index in [0.29, 0.717) is 28.5 Å². The summed E-state index contributed by atoms with van der Waals surface area (Å²) < 4.78 is 19.3. The van der Waals surface area contributed by atoms with Gasteiger partial charge in [0.1, 0.15) is 18.2 Å². The maximum Gasteiger partial charge on any atom is 0.409 e. The van der Waals surface area contributed by atoms with E-state index in [2.05, 4.69) is 5.32 Å². The first kappa shape index (κ1) is 17.8. The molecule has 0 bridgehead atoms. The minimum atomic E-state index is -1.23. The third kappa shape index (κ3) is 4.32. The Labute approximate surface area is 154 Å². The Morgan fingerprint density at radius 2 is 1.85 bits per heavy atom. The van der Waals surface area contributed by atoms with Crippen LogP contribution in [0.25, 0.3) is 11.1 Å². The second-order valence-electron chi connectivity index (χ2n) is 5.54. The van der Waals surface area contributed by atoms with E-state index in [-0.39, 0.29) is 5.69 Å². The van der Waals surface area contributed by atoms with Crippen LogP contribution >= 0.6 is 11.6 Å². The van der Waals surface area contributed by atoms with Crippen molar-refractivity contribution in [3.05, 3.63) is 83.1 Å². The topological polar surface area (TPSA) is 58.6 Å². The molecule has 0 fully saturated rings. The van der Waals surface area contributed by atoms with E-state index >= 15 is 0 Å². The average molecular weight is 372 g/mol. The summed E-state index contributed by atoms with van der Waals surface area (Å²) in [5.74, 6) is 0.0138. The van der Waals surface area contributed by atoms with Gasteiger partial charge < -0.3 is 9.84 Å². The highest BCUT2D eigenvalue weighted by Crippen LogP contribution is 2.34. The number of ether oxygens (including phenoxy) is 1. The first-order chi connectivity index (χ1) is 12.5. The van der Waals surface area contributed by atoms with Gasteiger partial charge >= 0.3 is 6.09 Å². The summed E-state index contributed by atoms with van der Waals surface area (Å²) in [6.07, 6.45) is -1.23. The summed E-state index contributed by atoms with van der Waals surface area (Å²) in [6, 6.07) is 18.5. The number of hydrogen-bond donors (Lipinski definition) is 2. The largest absolute Gasteiger partial charge is 0.487 e. The lowest BCUT2D eigenvalue weighted by molar-refractivity contribution is 0.210. The zero-order chi connectivity index (χ0) is 18.5. The molecule has 0 unspecified atom stereocenters. The number of halogens is 2. The van der Waals surface area contributed by atoms with Crippen molar-refractivity contribution in [1.82, 2.24) is 0 Å². The maximum atomic E-state index is 13.6. The number of anilines is 1. The monoisotopic (exact) mass is 371 g/mol. The van der Waals surface area contributed by atoms with E-state index in [0.717, 1.165) is 5.56 Å². The van der Waals surface area contributed by atoms with Gasteiger partial charge in [0.05, 0.1) is 10.7 Å². The van der Waals surface area contributed by atoms with Crippen LogP contribution in [-0.4, -0.2) is 11.2 Å². The molecule has 0 heterocycles. The lowest BCUT2D eigenvalue weighted by Gasteiger charge is -2.12. The van der Waals surface area contributed by atoms with Gasteiger partial charge in [-0.1, -0.05) is 48.0 Å². The molecule has 4 nitrogen and oxygen atoms in total. The predicted molar refractivity (Wildman–Crippen MR) is 99.3 cm³/mol. The van der Waals surface area contributed by atoms with Crippen molar-refractivity contribution in [2.45, 2.75) is 6.61 Å². The Hall–Kier alpha value is -3.05. The van der Waals surface area contributed by atoms with Crippen molar-refractivity contribution in [3.63, 3.8) is 0 Å². The molecule has 3 aromatic rings. The second kappa shape index (κ2) is 7.89. The van der Waals surface area contributed by atoms with Crippen molar-refractivity contribution in [2.24, 2.45) is 0 Å². The molecule has 6 heteroatoms. The van der Waals surface area contributed by atoms with Gasteiger partial charge in [-0.2, -0.15) is 0 Å². The number of rotatable bonds is 5. The summed E-state index contributed by atoms with van der Waals surface area (Å²) in [6.45, 7) is 0.367. The molecule has 3 rings (SSSR count). The molecule has 0 radical (unpaired) electrons. The van der Waals surface area contributed by atoms with Crippen LogP contribution in [0.4, 0.5) is 14.9 Å². The molecule has 26 heavy (non-hydrogen) atoms. The lowest BCUT2D eigenvalue weighted by atomic mass is 10.0. The molecule has 3 aromatic carbocycles. The van der Waals surface area contributed by atoms with Gasteiger partial charge in [-0.25, -0.2) is 9.18 Å². The Morgan fingerprint density at radius 1 is 1.08 bits per heavy atom. The normalized spacial score (nSPS) is 10.4. The predicted octanol–water partition coefficient (Wildman–Crippen LogP) is 5.82. The Bertz CT molecular complexity index is 932. The molecule has 0 aliphatic rings. The van der Waals surface area contributed by atoms with Crippen LogP contribution in [0.15, 0.2) is 66.7 Å². The van der Waals surface area contributed by atoms with Crippen LogP contribution < -0.4 is 10.1 Å². The van der Waals surface area contributed by atoms with Gasteiger partial charge in [-0.15, -0.1) is 0 Å². The average Bonchev–Trinajstić information content (AvgIpc) is 2.62. The minimum Gasteiger partial charge on any atom is -0.487 e. The van der Waals surface area contributed by atoms with Gasteiger partial charge in [-0.05, 0) is 41.5 Å². The molecule has 0 spiro atoms. The molecule has 0 atom stereocenters. The third-order valence-electron chi connectivity index (χ3n) is 3.70. The summed E-state index contributed by atoms with van der Waals surface area (Å²) in [7, 11) is 0. The van der Waals surface area contributed by atoms with Gasteiger partial charge in [0, 0.05) is 5.56 Å². The number of hydrogen-bond acceptors (Lipinski definition) is 2. The first-order valence-electron chi connectivity index (χ1n) is 7.79. The molecule has 0 aliphatic heterocycles. The van der Waals surface area contributed by atoms with Gasteiger partial charge in [-0.3, -0.25) is 5.32 Å². The highest BCUT2D eigenvalue weighted by Gasteiger charge is 2.12. The molecule has 2 N–H and O–H groups in total. The van der Waals surface area contributed by atoms with Crippen LogP contribution in [0.5, 0.6) is 5.75 Å². The quantitative estimate of drug-likeness (QED) is 0.594. The SMILES string of the molecule is O=C(O)Nc1ccc(F)cc1-c1ccc(OCc2ccccc2)c(Cl)c1. The number of carbonyl (C=O) groups is 1. The van der Waals surface area contributed by atoms with Crippen LogP contribution in [0.2, 0.25) is 5.02 Å². The third-order valence-corrected chi connectivity index (χ3v) is 4.00. The number of carboxylic acid groups (broad SMARTS) is 1. The number of benzene rings is 3. The smallest absolute Gasteiger partial charge is 0.409 e. The summed E-state index contributed by atoms with van der Waals surface area (Å²) >= 11 is 6.29. The molecule has 0 saturated heterocycles.